The minimum atomic E-state index is 0.0678. The molecule has 2 aromatic rings. The van der Waals surface area contributed by atoms with Crippen LogP contribution in [0.1, 0.15) is 27.0 Å². The highest BCUT2D eigenvalue weighted by atomic mass is 16.5. The molecule has 1 unspecified atom stereocenters. The van der Waals surface area contributed by atoms with Crippen molar-refractivity contribution in [2.24, 2.45) is 5.92 Å². The van der Waals surface area contributed by atoms with Crippen LogP contribution in [0.2, 0.25) is 0 Å². The molecule has 0 aromatic heterocycles. The topological polar surface area (TPSA) is 26.3 Å². The fourth-order valence-corrected chi connectivity index (χ4v) is 3.07. The summed E-state index contributed by atoms with van der Waals surface area (Å²) >= 11 is 0. The summed E-state index contributed by atoms with van der Waals surface area (Å²) in [5.41, 5.74) is 4.37. The van der Waals surface area contributed by atoms with Gasteiger partial charge >= 0.3 is 0 Å². The Hall–Kier alpha value is -2.09. The second-order valence-corrected chi connectivity index (χ2v) is 5.37. The number of hydrogen-bond donors (Lipinski definition) is 0. The maximum absolute atomic E-state index is 12.5. The number of benzene rings is 2. The highest BCUT2D eigenvalue weighted by Gasteiger charge is 2.32. The van der Waals surface area contributed by atoms with E-state index in [2.05, 4.69) is 12.1 Å². The zero-order valence-corrected chi connectivity index (χ0v) is 11.8. The smallest absolute Gasteiger partial charge is 0.166 e. The van der Waals surface area contributed by atoms with E-state index >= 15 is 0 Å². The molecule has 102 valence electrons. The van der Waals surface area contributed by atoms with Crippen LogP contribution in [0.15, 0.2) is 42.5 Å². The predicted octanol–water partition coefficient (Wildman–Crippen LogP) is 3.60. The van der Waals surface area contributed by atoms with E-state index in [4.69, 9.17) is 4.74 Å². The van der Waals surface area contributed by atoms with Crippen LogP contribution in [0.3, 0.4) is 0 Å². The highest BCUT2D eigenvalue weighted by molar-refractivity contribution is 6.03. The number of rotatable bonds is 3. The van der Waals surface area contributed by atoms with Gasteiger partial charge in [-0.1, -0.05) is 30.3 Å². The van der Waals surface area contributed by atoms with Gasteiger partial charge in [0.25, 0.3) is 0 Å². The summed E-state index contributed by atoms with van der Waals surface area (Å²) in [7, 11) is 1.67. The molecule has 2 aromatic carbocycles. The van der Waals surface area contributed by atoms with Gasteiger partial charge in [0.15, 0.2) is 5.78 Å². The van der Waals surface area contributed by atoms with Gasteiger partial charge in [-0.15, -0.1) is 0 Å². The molecular formula is C18H18O2. The largest absolute Gasteiger partial charge is 0.496 e. The van der Waals surface area contributed by atoms with Gasteiger partial charge in [-0.25, -0.2) is 0 Å². The van der Waals surface area contributed by atoms with Gasteiger partial charge in [0, 0.05) is 11.5 Å². The lowest BCUT2D eigenvalue weighted by Gasteiger charge is -2.09. The summed E-state index contributed by atoms with van der Waals surface area (Å²) < 4.78 is 5.35. The van der Waals surface area contributed by atoms with E-state index in [0.717, 1.165) is 35.3 Å². The van der Waals surface area contributed by atoms with E-state index in [9.17, 15) is 4.79 Å². The van der Waals surface area contributed by atoms with Gasteiger partial charge in [0.2, 0.25) is 0 Å². The molecule has 0 fully saturated rings. The summed E-state index contributed by atoms with van der Waals surface area (Å²) in [4.78, 5) is 12.5. The monoisotopic (exact) mass is 266 g/mol. The van der Waals surface area contributed by atoms with E-state index < -0.39 is 0 Å². The summed E-state index contributed by atoms with van der Waals surface area (Å²) in [5, 5.41) is 0. The first-order valence-corrected chi connectivity index (χ1v) is 6.95. The van der Waals surface area contributed by atoms with Crippen LogP contribution in [-0.2, 0) is 12.8 Å². The maximum atomic E-state index is 12.5. The highest BCUT2D eigenvalue weighted by Crippen LogP contribution is 2.35. The van der Waals surface area contributed by atoms with E-state index in [0.29, 0.717) is 0 Å². The number of Topliss-reactive ketones (excluding diaryl/α,β-unsaturated/α-hetero) is 1. The lowest BCUT2D eigenvalue weighted by atomic mass is 9.95. The summed E-state index contributed by atoms with van der Waals surface area (Å²) in [5.74, 6) is 1.21. The first kappa shape index (κ1) is 12.9. The molecule has 0 aliphatic heterocycles. The molecule has 2 nitrogen and oxygen atoms in total. The second-order valence-electron chi connectivity index (χ2n) is 5.37. The van der Waals surface area contributed by atoms with E-state index in [1.54, 1.807) is 7.11 Å². The number of fused-ring (bicyclic) bond motifs is 1. The van der Waals surface area contributed by atoms with Crippen LogP contribution in [0.5, 0.6) is 5.75 Å². The third kappa shape index (κ3) is 2.11. The Morgan fingerprint density at radius 3 is 2.60 bits per heavy atom. The van der Waals surface area contributed by atoms with Gasteiger partial charge in [0.05, 0.1) is 7.11 Å². The quantitative estimate of drug-likeness (QED) is 0.848. The average molecular weight is 266 g/mol. The average Bonchev–Trinajstić information content (AvgIpc) is 2.79. The normalized spacial score (nSPS) is 17.1. The molecule has 0 radical (unpaired) electrons. The molecule has 3 rings (SSSR count). The molecular weight excluding hydrogens is 248 g/mol. The van der Waals surface area contributed by atoms with Crippen LogP contribution in [0, 0.1) is 12.8 Å². The van der Waals surface area contributed by atoms with Crippen molar-refractivity contribution in [2.45, 2.75) is 19.8 Å². The molecule has 0 N–H and O–H groups in total. The molecule has 0 saturated heterocycles. The molecule has 20 heavy (non-hydrogen) atoms. The summed E-state index contributed by atoms with van der Waals surface area (Å²) in [6.07, 6.45) is 1.64. The number of ketones is 1. The summed E-state index contributed by atoms with van der Waals surface area (Å²) in [6, 6.07) is 14.0. The van der Waals surface area contributed by atoms with Crippen molar-refractivity contribution in [3.8, 4) is 5.75 Å². The minimum Gasteiger partial charge on any atom is -0.496 e. The lowest BCUT2D eigenvalue weighted by Crippen LogP contribution is -2.12. The third-order valence-corrected chi connectivity index (χ3v) is 4.18. The van der Waals surface area contributed by atoms with Crippen molar-refractivity contribution in [1.82, 2.24) is 0 Å². The number of carbonyl (C=O) groups is 1. The number of carbonyl (C=O) groups excluding carboxylic acids is 1. The van der Waals surface area contributed by atoms with Crippen molar-refractivity contribution >= 4 is 5.78 Å². The van der Waals surface area contributed by atoms with E-state index in [-0.39, 0.29) is 11.7 Å². The van der Waals surface area contributed by atoms with Crippen molar-refractivity contribution in [3.63, 3.8) is 0 Å². The van der Waals surface area contributed by atoms with Crippen molar-refractivity contribution in [2.75, 3.05) is 7.11 Å². The third-order valence-electron chi connectivity index (χ3n) is 4.18. The lowest BCUT2D eigenvalue weighted by molar-refractivity contribution is 0.0936. The summed E-state index contributed by atoms with van der Waals surface area (Å²) in [6.45, 7) is 2.04. The van der Waals surface area contributed by atoms with Gasteiger partial charge < -0.3 is 4.74 Å². The van der Waals surface area contributed by atoms with Crippen LogP contribution >= 0.6 is 0 Å². The second kappa shape index (κ2) is 5.12. The fourth-order valence-electron chi connectivity index (χ4n) is 3.07. The Kier molecular flexibility index (Phi) is 3.31. The van der Waals surface area contributed by atoms with Crippen LogP contribution in [0.4, 0.5) is 0 Å². The molecule has 0 saturated carbocycles. The van der Waals surface area contributed by atoms with Crippen LogP contribution < -0.4 is 4.74 Å². The standard InChI is InChI=1S/C18H18O2/c1-12-16-11-14(10-13-6-4-3-5-7-13)18(19)15(16)8-9-17(12)20-2/h3-9,14H,10-11H2,1-2H3. The van der Waals surface area contributed by atoms with Crippen molar-refractivity contribution < 1.29 is 9.53 Å². The number of methoxy groups -OCH3 is 1. The first-order valence-electron chi connectivity index (χ1n) is 6.95. The van der Waals surface area contributed by atoms with Gasteiger partial charge in [-0.2, -0.15) is 0 Å². The first-order chi connectivity index (χ1) is 9.70. The molecule has 0 amide bonds. The molecule has 2 heteroatoms. The van der Waals surface area contributed by atoms with E-state index in [1.165, 1.54) is 5.56 Å². The van der Waals surface area contributed by atoms with Gasteiger partial charge in [-0.05, 0) is 48.6 Å². The van der Waals surface area contributed by atoms with Crippen molar-refractivity contribution in [3.05, 3.63) is 64.7 Å². The van der Waals surface area contributed by atoms with E-state index in [1.807, 2.05) is 37.3 Å². The van der Waals surface area contributed by atoms with Crippen LogP contribution in [-0.4, -0.2) is 12.9 Å². The van der Waals surface area contributed by atoms with Crippen molar-refractivity contribution in [1.29, 1.82) is 0 Å². The zero-order chi connectivity index (χ0) is 14.1. The Balaban J connectivity index is 1.89. The molecule has 1 atom stereocenters. The fraction of sp³-hybridized carbons (Fsp3) is 0.278. The molecule has 0 spiro atoms. The predicted molar refractivity (Wildman–Crippen MR) is 79.4 cm³/mol. The Bertz CT molecular complexity index is 644. The van der Waals surface area contributed by atoms with Crippen LogP contribution in [0.25, 0.3) is 0 Å². The molecule has 1 aliphatic rings. The molecule has 1 aliphatic carbocycles. The van der Waals surface area contributed by atoms with Gasteiger partial charge in [0.1, 0.15) is 5.75 Å². The Morgan fingerprint density at radius 2 is 1.90 bits per heavy atom. The SMILES string of the molecule is COc1ccc2c(c1C)CC(Cc1ccccc1)C2=O. The number of hydrogen-bond acceptors (Lipinski definition) is 2. The number of ether oxygens (including phenoxy) is 1. The zero-order valence-electron chi connectivity index (χ0n) is 11.8. The Morgan fingerprint density at radius 1 is 1.15 bits per heavy atom. The Labute approximate surface area is 119 Å². The minimum absolute atomic E-state index is 0.0678. The molecule has 0 heterocycles. The molecule has 0 bridgehead atoms. The van der Waals surface area contributed by atoms with Gasteiger partial charge in [-0.3, -0.25) is 4.79 Å². The maximum Gasteiger partial charge on any atom is 0.166 e.